The predicted molar refractivity (Wildman–Crippen MR) is 114 cm³/mol. The van der Waals surface area contributed by atoms with Gasteiger partial charge in [-0.3, -0.25) is 0 Å². The Morgan fingerprint density at radius 3 is 2.76 bits per heavy atom. The number of phenolic OH excluding ortho intramolecular Hbond substituents is 1. The first-order valence-electron chi connectivity index (χ1n) is 10.9. The lowest BCUT2D eigenvalue weighted by Gasteiger charge is -2.56. The molecule has 1 aliphatic heterocycles. The number of aliphatic hydroxyl groups is 1. The lowest BCUT2D eigenvalue weighted by Crippen LogP contribution is -2.66. The van der Waals surface area contributed by atoms with Gasteiger partial charge in [0.15, 0.2) is 0 Å². The van der Waals surface area contributed by atoms with Crippen LogP contribution in [0.1, 0.15) is 36.1 Å². The number of piperidine rings is 1. The van der Waals surface area contributed by atoms with Crippen molar-refractivity contribution >= 4 is 10.9 Å². The van der Waals surface area contributed by atoms with E-state index >= 15 is 0 Å². The van der Waals surface area contributed by atoms with Crippen LogP contribution in [0.15, 0.2) is 48.5 Å². The fourth-order valence-electron chi connectivity index (χ4n) is 6.00. The Bertz CT molecular complexity index is 1090. The van der Waals surface area contributed by atoms with E-state index in [-0.39, 0.29) is 11.2 Å². The Morgan fingerprint density at radius 1 is 1.07 bits per heavy atom. The maximum absolute atomic E-state index is 12.3. The third-order valence-corrected chi connectivity index (χ3v) is 7.69. The standard InChI is InChI=1S/C25H28N2O2/c28-19-5-3-4-18(12-19)24-10-11-27(15-17-8-9-17)16-25(24,29)13-21-20-6-1-2-7-22(20)26-23(21)14-24/h1-7,12,17,26,28-29H,8-11,13-16H2. The zero-order valence-corrected chi connectivity index (χ0v) is 16.7. The van der Waals surface area contributed by atoms with E-state index in [1.54, 1.807) is 6.07 Å². The van der Waals surface area contributed by atoms with E-state index in [2.05, 4.69) is 40.2 Å². The molecule has 4 nitrogen and oxygen atoms in total. The number of aromatic hydroxyl groups is 1. The molecule has 2 atom stereocenters. The van der Waals surface area contributed by atoms with E-state index in [1.807, 2.05) is 12.1 Å². The summed E-state index contributed by atoms with van der Waals surface area (Å²) < 4.78 is 0. The van der Waals surface area contributed by atoms with Crippen LogP contribution >= 0.6 is 0 Å². The third kappa shape index (κ3) is 2.66. The maximum Gasteiger partial charge on any atom is 0.115 e. The van der Waals surface area contributed by atoms with E-state index in [0.29, 0.717) is 13.0 Å². The summed E-state index contributed by atoms with van der Waals surface area (Å²) in [6.07, 6.45) is 5.02. The number of fused-ring (bicyclic) bond motifs is 4. The molecule has 2 heterocycles. The number of nitrogens with zero attached hydrogens (tertiary/aromatic N) is 1. The van der Waals surface area contributed by atoms with E-state index in [4.69, 9.17) is 0 Å². The van der Waals surface area contributed by atoms with Gasteiger partial charge in [-0.2, -0.15) is 0 Å². The summed E-state index contributed by atoms with van der Waals surface area (Å²) in [7, 11) is 0. The number of hydrogen-bond donors (Lipinski definition) is 3. The molecule has 2 unspecified atom stereocenters. The molecule has 3 aliphatic rings. The quantitative estimate of drug-likeness (QED) is 0.640. The molecule has 3 N–H and O–H groups in total. The Hall–Kier alpha value is -2.30. The van der Waals surface area contributed by atoms with Gasteiger partial charge in [-0.25, -0.2) is 0 Å². The van der Waals surface area contributed by atoms with Gasteiger partial charge in [0.25, 0.3) is 0 Å². The Kier molecular flexibility index (Phi) is 3.69. The maximum atomic E-state index is 12.3. The molecule has 2 aromatic carbocycles. The van der Waals surface area contributed by atoms with Crippen LogP contribution in [0.25, 0.3) is 10.9 Å². The fourth-order valence-corrected chi connectivity index (χ4v) is 6.00. The highest BCUT2D eigenvalue weighted by molar-refractivity contribution is 5.85. The van der Waals surface area contributed by atoms with Crippen molar-refractivity contribution in [3.8, 4) is 5.75 Å². The van der Waals surface area contributed by atoms with Crippen molar-refractivity contribution in [1.29, 1.82) is 0 Å². The minimum absolute atomic E-state index is 0.280. The average Bonchev–Trinajstić information content (AvgIpc) is 3.45. The van der Waals surface area contributed by atoms with Gasteiger partial charge in [-0.05, 0) is 61.1 Å². The van der Waals surface area contributed by atoms with Crippen LogP contribution in [-0.4, -0.2) is 45.3 Å². The highest BCUT2D eigenvalue weighted by atomic mass is 16.3. The number of phenols is 1. The summed E-state index contributed by atoms with van der Waals surface area (Å²) in [5, 5.41) is 23.7. The number of aromatic amines is 1. The third-order valence-electron chi connectivity index (χ3n) is 7.69. The van der Waals surface area contributed by atoms with Gasteiger partial charge in [0.05, 0.1) is 5.60 Å². The van der Waals surface area contributed by atoms with Gasteiger partial charge in [0.2, 0.25) is 0 Å². The second-order valence-electron chi connectivity index (χ2n) is 9.57. The van der Waals surface area contributed by atoms with E-state index in [9.17, 15) is 10.2 Å². The fraction of sp³-hybridized carbons (Fsp3) is 0.440. The number of likely N-dealkylation sites (tertiary alicyclic amines) is 1. The van der Waals surface area contributed by atoms with Crippen LogP contribution in [0.3, 0.4) is 0 Å². The molecule has 0 bridgehead atoms. The summed E-state index contributed by atoms with van der Waals surface area (Å²) in [4.78, 5) is 6.13. The Labute approximate surface area is 171 Å². The van der Waals surface area contributed by atoms with Crippen molar-refractivity contribution in [2.24, 2.45) is 5.92 Å². The van der Waals surface area contributed by atoms with Gasteiger partial charge in [-0.15, -0.1) is 0 Å². The summed E-state index contributed by atoms with van der Waals surface area (Å²) in [6.45, 7) is 2.82. The zero-order chi connectivity index (χ0) is 19.6. The largest absolute Gasteiger partial charge is 0.508 e. The highest BCUT2D eigenvalue weighted by Gasteiger charge is 2.57. The summed E-state index contributed by atoms with van der Waals surface area (Å²) in [6, 6.07) is 16.0. The molecular formula is C25H28N2O2. The van der Waals surface area contributed by atoms with Crippen LogP contribution < -0.4 is 0 Å². The van der Waals surface area contributed by atoms with Crippen molar-refractivity contribution in [2.45, 2.75) is 43.1 Å². The van der Waals surface area contributed by atoms with Gasteiger partial charge in [0, 0.05) is 47.9 Å². The molecule has 0 amide bonds. The molecule has 150 valence electrons. The molecule has 3 aromatic rings. The minimum atomic E-state index is -0.841. The van der Waals surface area contributed by atoms with E-state index in [1.165, 1.54) is 29.5 Å². The number of benzene rings is 2. The van der Waals surface area contributed by atoms with Gasteiger partial charge in [0.1, 0.15) is 5.75 Å². The molecule has 0 spiro atoms. The van der Waals surface area contributed by atoms with Crippen LogP contribution in [0.2, 0.25) is 0 Å². The average molecular weight is 389 g/mol. The van der Waals surface area contributed by atoms with Crippen molar-refractivity contribution in [1.82, 2.24) is 9.88 Å². The first-order chi connectivity index (χ1) is 14.1. The highest BCUT2D eigenvalue weighted by Crippen LogP contribution is 2.52. The summed E-state index contributed by atoms with van der Waals surface area (Å²) in [5.41, 5.74) is 3.52. The van der Waals surface area contributed by atoms with Crippen molar-refractivity contribution in [3.63, 3.8) is 0 Å². The Balaban J connectivity index is 1.49. The lowest BCUT2D eigenvalue weighted by molar-refractivity contribution is -0.103. The van der Waals surface area contributed by atoms with Crippen LogP contribution in [0.5, 0.6) is 5.75 Å². The molecule has 4 heteroatoms. The molecule has 2 fully saturated rings. The monoisotopic (exact) mass is 388 g/mol. The SMILES string of the molecule is Oc1cccc(C23CCN(CC4CC4)CC2(O)Cc2c([nH]c4ccccc24)C3)c1. The van der Waals surface area contributed by atoms with Crippen molar-refractivity contribution in [2.75, 3.05) is 19.6 Å². The molecule has 1 saturated heterocycles. The van der Waals surface area contributed by atoms with Gasteiger partial charge < -0.3 is 20.1 Å². The normalized spacial score (nSPS) is 29.6. The van der Waals surface area contributed by atoms with Crippen molar-refractivity contribution < 1.29 is 10.2 Å². The number of aromatic nitrogens is 1. The number of hydrogen-bond acceptors (Lipinski definition) is 3. The molecule has 1 aromatic heterocycles. The molecule has 29 heavy (non-hydrogen) atoms. The molecule has 6 rings (SSSR count). The first kappa shape index (κ1) is 17.5. The van der Waals surface area contributed by atoms with E-state index < -0.39 is 5.60 Å². The second-order valence-corrected chi connectivity index (χ2v) is 9.57. The Morgan fingerprint density at radius 2 is 1.93 bits per heavy atom. The summed E-state index contributed by atoms with van der Waals surface area (Å²) >= 11 is 0. The van der Waals surface area contributed by atoms with Crippen LogP contribution in [0.4, 0.5) is 0 Å². The topological polar surface area (TPSA) is 59.5 Å². The number of rotatable bonds is 3. The number of H-pyrrole nitrogens is 1. The van der Waals surface area contributed by atoms with Crippen LogP contribution in [0, 0.1) is 5.92 Å². The van der Waals surface area contributed by atoms with Gasteiger partial charge in [-0.1, -0.05) is 30.3 Å². The lowest BCUT2D eigenvalue weighted by atomic mass is 9.56. The smallest absolute Gasteiger partial charge is 0.115 e. The molecular weight excluding hydrogens is 360 g/mol. The minimum Gasteiger partial charge on any atom is -0.508 e. The first-order valence-corrected chi connectivity index (χ1v) is 10.9. The second kappa shape index (κ2) is 6.10. The zero-order valence-electron chi connectivity index (χ0n) is 16.7. The number of nitrogens with one attached hydrogen (secondary N) is 1. The summed E-state index contributed by atoms with van der Waals surface area (Å²) in [5.74, 6) is 1.10. The number of para-hydroxylation sites is 1. The number of β-amino-alcohol motifs (C(OH)–C–C–N with tert-alkyl or cyclic N) is 1. The van der Waals surface area contributed by atoms with Gasteiger partial charge >= 0.3 is 0 Å². The van der Waals surface area contributed by atoms with E-state index in [0.717, 1.165) is 42.9 Å². The molecule has 2 aliphatic carbocycles. The molecule has 1 saturated carbocycles. The van der Waals surface area contributed by atoms with Crippen molar-refractivity contribution in [3.05, 3.63) is 65.4 Å². The van der Waals surface area contributed by atoms with Crippen LogP contribution in [-0.2, 0) is 18.3 Å². The molecule has 0 radical (unpaired) electrons. The predicted octanol–water partition coefficient (Wildman–Crippen LogP) is 3.76.